The Hall–Kier alpha value is -2.21. The number of aliphatic hydroxyl groups is 1. The van der Waals surface area contributed by atoms with Crippen LogP contribution in [0, 0.1) is 0 Å². The Kier molecular flexibility index (Phi) is 7.60. The van der Waals surface area contributed by atoms with E-state index in [9.17, 15) is 9.90 Å². The van der Waals surface area contributed by atoms with Gasteiger partial charge in [0.1, 0.15) is 6.04 Å². The second kappa shape index (κ2) is 9.93. The second-order valence-corrected chi connectivity index (χ2v) is 5.94. The third-order valence-corrected chi connectivity index (χ3v) is 4.00. The summed E-state index contributed by atoms with van der Waals surface area (Å²) in [6.45, 7) is 2.44. The van der Waals surface area contributed by atoms with Crippen molar-refractivity contribution in [3.8, 4) is 0 Å². The third kappa shape index (κ3) is 5.98. The van der Waals surface area contributed by atoms with Crippen LogP contribution in [0.4, 0.5) is 0 Å². The van der Waals surface area contributed by atoms with Gasteiger partial charge in [0.05, 0.1) is 12.7 Å². The third-order valence-electron chi connectivity index (χ3n) is 4.00. The Bertz CT molecular complexity index is 634. The van der Waals surface area contributed by atoms with Crippen molar-refractivity contribution in [3.05, 3.63) is 71.8 Å². The zero-order valence-electron chi connectivity index (χ0n) is 14.5. The predicted octanol–water partition coefficient (Wildman–Crippen LogP) is 1.64. The highest BCUT2D eigenvalue weighted by molar-refractivity contribution is 5.76. The first-order chi connectivity index (χ1) is 12.1. The number of benzene rings is 2. The number of carbonyl (C=O) groups is 1. The lowest BCUT2D eigenvalue weighted by atomic mass is 9.97. The summed E-state index contributed by atoms with van der Waals surface area (Å²) in [6, 6.07) is 17.9. The molecule has 0 saturated heterocycles. The summed E-state index contributed by atoms with van der Waals surface area (Å²) in [5, 5.41) is 13.7. The summed E-state index contributed by atoms with van der Waals surface area (Å²) < 4.78 is 5.10. The van der Waals surface area contributed by atoms with Gasteiger partial charge >= 0.3 is 5.97 Å². The van der Waals surface area contributed by atoms with Crippen molar-refractivity contribution < 1.29 is 14.6 Å². The fraction of sp³-hybridized carbons (Fsp3) is 0.350. The van der Waals surface area contributed by atoms with E-state index >= 15 is 0 Å². The molecule has 0 aromatic heterocycles. The SMILES string of the molecule is CCOC(=O)[C@H](NCc1ccccc1)[C@H](O)[C@@H](N)Cc1ccccc1. The molecule has 3 atom stereocenters. The van der Waals surface area contributed by atoms with Gasteiger partial charge < -0.3 is 15.6 Å². The molecule has 0 amide bonds. The molecule has 0 spiro atoms. The lowest BCUT2D eigenvalue weighted by Crippen LogP contribution is -2.54. The highest BCUT2D eigenvalue weighted by Crippen LogP contribution is 2.10. The minimum absolute atomic E-state index is 0.253. The van der Waals surface area contributed by atoms with E-state index in [4.69, 9.17) is 10.5 Å². The molecule has 4 N–H and O–H groups in total. The van der Waals surface area contributed by atoms with E-state index in [0.717, 1.165) is 11.1 Å². The lowest BCUT2D eigenvalue weighted by Gasteiger charge is -2.27. The van der Waals surface area contributed by atoms with E-state index in [1.165, 1.54) is 0 Å². The molecule has 5 nitrogen and oxygen atoms in total. The fourth-order valence-corrected chi connectivity index (χ4v) is 2.65. The summed E-state index contributed by atoms with van der Waals surface area (Å²) in [5.41, 5.74) is 8.18. The van der Waals surface area contributed by atoms with Crippen molar-refractivity contribution in [3.63, 3.8) is 0 Å². The van der Waals surface area contributed by atoms with Gasteiger partial charge in [0.15, 0.2) is 0 Å². The Morgan fingerprint density at radius 2 is 1.64 bits per heavy atom. The van der Waals surface area contributed by atoms with Gasteiger partial charge in [-0.2, -0.15) is 0 Å². The molecule has 2 aromatic carbocycles. The molecule has 0 radical (unpaired) electrons. The minimum atomic E-state index is -1.05. The molecular formula is C20H26N2O3. The zero-order chi connectivity index (χ0) is 18.1. The van der Waals surface area contributed by atoms with Crippen molar-refractivity contribution >= 4 is 5.97 Å². The molecule has 0 fully saturated rings. The number of esters is 1. The van der Waals surface area contributed by atoms with Crippen LogP contribution < -0.4 is 11.1 Å². The highest BCUT2D eigenvalue weighted by Gasteiger charge is 2.32. The van der Waals surface area contributed by atoms with Gasteiger partial charge in [0.25, 0.3) is 0 Å². The van der Waals surface area contributed by atoms with Crippen LogP contribution in [0.3, 0.4) is 0 Å². The van der Waals surface area contributed by atoms with Crippen molar-refractivity contribution in [2.75, 3.05) is 6.61 Å². The van der Waals surface area contributed by atoms with Crippen LogP contribution in [0.25, 0.3) is 0 Å². The number of hydrogen-bond acceptors (Lipinski definition) is 5. The number of ether oxygens (including phenoxy) is 1. The van der Waals surface area contributed by atoms with Gasteiger partial charge in [-0.1, -0.05) is 60.7 Å². The highest BCUT2D eigenvalue weighted by atomic mass is 16.5. The van der Waals surface area contributed by atoms with Crippen molar-refractivity contribution in [1.82, 2.24) is 5.32 Å². The summed E-state index contributed by atoms with van der Waals surface area (Å²) in [7, 11) is 0. The number of rotatable bonds is 9. The van der Waals surface area contributed by atoms with Gasteiger partial charge in [0, 0.05) is 12.6 Å². The fourth-order valence-electron chi connectivity index (χ4n) is 2.65. The van der Waals surface area contributed by atoms with Crippen LogP contribution in [0.5, 0.6) is 0 Å². The maximum atomic E-state index is 12.3. The normalized spacial score (nSPS) is 14.5. The molecule has 25 heavy (non-hydrogen) atoms. The molecule has 134 valence electrons. The van der Waals surface area contributed by atoms with Gasteiger partial charge in [0.2, 0.25) is 0 Å². The lowest BCUT2D eigenvalue weighted by molar-refractivity contribution is -0.149. The summed E-state index contributed by atoms with van der Waals surface area (Å²) in [5.74, 6) is -0.491. The molecule has 0 aliphatic carbocycles. The van der Waals surface area contributed by atoms with E-state index in [-0.39, 0.29) is 6.61 Å². The molecule has 5 heteroatoms. The van der Waals surface area contributed by atoms with Gasteiger partial charge in [-0.05, 0) is 24.5 Å². The van der Waals surface area contributed by atoms with Crippen LogP contribution in [0.15, 0.2) is 60.7 Å². The predicted molar refractivity (Wildman–Crippen MR) is 97.8 cm³/mol. The van der Waals surface area contributed by atoms with Gasteiger partial charge in [-0.15, -0.1) is 0 Å². The van der Waals surface area contributed by atoms with Crippen LogP contribution in [0.1, 0.15) is 18.1 Å². The van der Waals surface area contributed by atoms with E-state index < -0.39 is 24.2 Å². The maximum Gasteiger partial charge on any atom is 0.325 e. The van der Waals surface area contributed by atoms with Crippen molar-refractivity contribution in [2.45, 2.75) is 38.1 Å². The topological polar surface area (TPSA) is 84.6 Å². The molecule has 0 unspecified atom stereocenters. The number of aliphatic hydroxyl groups excluding tert-OH is 1. The number of carbonyl (C=O) groups excluding carboxylic acids is 1. The van der Waals surface area contributed by atoms with Crippen LogP contribution in [-0.2, 0) is 22.5 Å². The summed E-state index contributed by atoms with van der Waals surface area (Å²) in [4.78, 5) is 12.3. The first-order valence-corrected chi connectivity index (χ1v) is 8.53. The van der Waals surface area contributed by atoms with Crippen LogP contribution in [0.2, 0.25) is 0 Å². The van der Waals surface area contributed by atoms with Crippen molar-refractivity contribution in [2.24, 2.45) is 5.73 Å². The average molecular weight is 342 g/mol. The molecule has 0 aliphatic rings. The van der Waals surface area contributed by atoms with Gasteiger partial charge in [-0.25, -0.2) is 0 Å². The summed E-state index contributed by atoms with van der Waals surface area (Å²) in [6.07, 6.45) is -0.576. The Labute approximate surface area is 148 Å². The second-order valence-electron chi connectivity index (χ2n) is 5.94. The molecule has 0 saturated carbocycles. The van der Waals surface area contributed by atoms with E-state index in [1.54, 1.807) is 6.92 Å². The molecule has 0 heterocycles. The number of nitrogens with one attached hydrogen (secondary N) is 1. The summed E-state index contributed by atoms with van der Waals surface area (Å²) >= 11 is 0. The molecule has 2 aromatic rings. The van der Waals surface area contributed by atoms with E-state index in [2.05, 4.69) is 5.32 Å². The molecular weight excluding hydrogens is 316 g/mol. The van der Waals surface area contributed by atoms with Gasteiger partial charge in [-0.3, -0.25) is 10.1 Å². The standard InChI is InChI=1S/C20H26N2O3/c1-2-25-20(24)18(22-14-16-11-7-4-8-12-16)19(23)17(21)13-15-9-5-3-6-10-15/h3-12,17-19,22-23H,2,13-14,21H2,1H3/t17-,18+,19+/m0/s1. The average Bonchev–Trinajstić information content (AvgIpc) is 2.63. The maximum absolute atomic E-state index is 12.3. The van der Waals surface area contributed by atoms with Crippen LogP contribution in [-0.4, -0.2) is 35.9 Å². The molecule has 2 rings (SSSR count). The largest absolute Gasteiger partial charge is 0.465 e. The molecule has 0 bridgehead atoms. The van der Waals surface area contributed by atoms with Crippen LogP contribution >= 0.6 is 0 Å². The van der Waals surface area contributed by atoms with E-state index in [1.807, 2.05) is 60.7 Å². The Morgan fingerprint density at radius 1 is 1.08 bits per heavy atom. The Balaban J connectivity index is 2.03. The number of hydrogen-bond donors (Lipinski definition) is 3. The monoisotopic (exact) mass is 342 g/mol. The van der Waals surface area contributed by atoms with E-state index in [0.29, 0.717) is 13.0 Å². The quantitative estimate of drug-likeness (QED) is 0.603. The first-order valence-electron chi connectivity index (χ1n) is 8.53. The Morgan fingerprint density at radius 3 is 2.20 bits per heavy atom. The number of nitrogens with two attached hydrogens (primary N) is 1. The zero-order valence-corrected chi connectivity index (χ0v) is 14.5. The first kappa shape index (κ1) is 19.1. The molecule has 0 aliphatic heterocycles. The smallest absolute Gasteiger partial charge is 0.325 e. The minimum Gasteiger partial charge on any atom is -0.465 e. The van der Waals surface area contributed by atoms with Crippen molar-refractivity contribution in [1.29, 1.82) is 0 Å².